The fourth-order valence-corrected chi connectivity index (χ4v) is 4.73. The number of hydrogen-bond donors (Lipinski definition) is 5. The lowest BCUT2D eigenvalue weighted by Gasteiger charge is -2.18. The molecule has 0 fully saturated rings. The van der Waals surface area contributed by atoms with E-state index in [4.69, 9.17) is 24.5 Å². The number of aromatic nitrogens is 1. The molecule has 0 spiro atoms. The summed E-state index contributed by atoms with van der Waals surface area (Å²) in [6.45, 7) is 1.60. The van der Waals surface area contributed by atoms with Gasteiger partial charge in [-0.25, -0.2) is 14.6 Å². The Bertz CT molecular complexity index is 1330. The number of anilines is 1. The van der Waals surface area contributed by atoms with E-state index >= 15 is 0 Å². The summed E-state index contributed by atoms with van der Waals surface area (Å²) in [5.41, 5.74) is 4.14. The molecule has 45 heavy (non-hydrogen) atoms. The SMILES string of the molecule is O=C(O)C(F)(F)F.O=C(O)C(F)(F)F.O=C(O)C[C@H](NC(=O)CCSCc1ccc2c(n1)NCCC2)c1ccc2c(c1)OCC2. The standard InChI is InChI=1S/C23H27N3O4S.2C2HF3O2/c27-21(8-11-31-14-18-6-5-16-2-1-9-24-23(16)25-18)26-19(13-22(28)29)17-4-3-15-7-10-30-20(15)12-17;2*3-2(4,5)1(6)7/h3-6,12,19H,1-2,7-11,13-14H2,(H,24,25)(H,26,27)(H,28,29);2*(H,6,7)/t19-;;/m0../s1. The molecule has 18 heteroatoms. The van der Waals surface area contributed by atoms with Crippen LogP contribution in [-0.2, 0) is 37.8 Å². The minimum absolute atomic E-state index is 0.153. The van der Waals surface area contributed by atoms with Crippen molar-refractivity contribution in [1.82, 2.24) is 10.3 Å². The zero-order chi connectivity index (χ0) is 33.8. The number of fused-ring (bicyclic) bond motifs is 2. The third kappa shape index (κ3) is 13.1. The molecule has 2 aliphatic rings. The molecular weight excluding hydrogens is 640 g/mol. The molecule has 3 heterocycles. The van der Waals surface area contributed by atoms with Gasteiger partial charge in [0.25, 0.3) is 0 Å². The number of amides is 1. The van der Waals surface area contributed by atoms with Crippen LogP contribution in [0.4, 0.5) is 32.2 Å². The molecule has 0 saturated heterocycles. The first-order chi connectivity index (χ1) is 21.0. The van der Waals surface area contributed by atoms with Crippen LogP contribution >= 0.6 is 11.8 Å². The summed E-state index contributed by atoms with van der Waals surface area (Å²) in [7, 11) is 0. The number of alkyl halides is 6. The van der Waals surface area contributed by atoms with E-state index in [9.17, 15) is 41.0 Å². The van der Waals surface area contributed by atoms with Gasteiger partial charge in [0.15, 0.2) is 0 Å². The molecule has 1 aromatic carbocycles. The second-order valence-corrected chi connectivity index (χ2v) is 10.5. The molecule has 1 amide bonds. The Morgan fingerprint density at radius 1 is 0.956 bits per heavy atom. The number of carbonyl (C=O) groups is 4. The number of hydrogen-bond acceptors (Lipinski definition) is 8. The van der Waals surface area contributed by atoms with Gasteiger partial charge in [-0.3, -0.25) is 9.59 Å². The van der Waals surface area contributed by atoms with Crippen LogP contribution in [0.25, 0.3) is 0 Å². The first-order valence-electron chi connectivity index (χ1n) is 13.1. The Morgan fingerprint density at radius 2 is 1.58 bits per heavy atom. The summed E-state index contributed by atoms with van der Waals surface area (Å²) in [4.78, 5) is 46.3. The van der Waals surface area contributed by atoms with Gasteiger partial charge in [0, 0.05) is 30.9 Å². The number of nitrogens with one attached hydrogen (secondary N) is 2. The minimum atomic E-state index is -5.08. The normalized spacial score (nSPS) is 14.0. The number of aryl methyl sites for hydroxylation is 1. The number of aliphatic carboxylic acids is 3. The highest BCUT2D eigenvalue weighted by atomic mass is 32.2. The maximum absolute atomic E-state index is 12.5. The quantitative estimate of drug-likeness (QED) is 0.187. The molecule has 5 N–H and O–H groups in total. The van der Waals surface area contributed by atoms with Crippen LogP contribution in [0.5, 0.6) is 5.75 Å². The van der Waals surface area contributed by atoms with Crippen molar-refractivity contribution in [3.05, 3.63) is 52.7 Å². The second kappa shape index (κ2) is 16.7. The molecule has 1 atom stereocenters. The number of pyridine rings is 1. The maximum Gasteiger partial charge on any atom is 0.490 e. The number of benzene rings is 1. The highest BCUT2D eigenvalue weighted by Gasteiger charge is 2.38. The van der Waals surface area contributed by atoms with Crippen molar-refractivity contribution in [2.75, 3.05) is 24.2 Å². The maximum atomic E-state index is 12.5. The van der Waals surface area contributed by atoms with Gasteiger partial charge < -0.3 is 30.7 Å². The Hall–Kier alpha value is -4.22. The van der Waals surface area contributed by atoms with Gasteiger partial charge in [-0.05, 0) is 41.7 Å². The van der Waals surface area contributed by atoms with Crippen LogP contribution < -0.4 is 15.4 Å². The zero-order valence-corrected chi connectivity index (χ0v) is 24.2. The molecule has 0 saturated carbocycles. The smallest absolute Gasteiger partial charge is 0.490 e. The molecule has 0 radical (unpaired) electrons. The molecular formula is C27H29F6N3O8S. The number of nitrogens with zero attached hydrogens (tertiary/aromatic N) is 1. The Morgan fingerprint density at radius 3 is 2.18 bits per heavy atom. The first-order valence-corrected chi connectivity index (χ1v) is 14.3. The van der Waals surface area contributed by atoms with E-state index in [2.05, 4.69) is 27.8 Å². The van der Waals surface area contributed by atoms with Gasteiger partial charge in [0.2, 0.25) is 5.91 Å². The summed E-state index contributed by atoms with van der Waals surface area (Å²) in [6.07, 6.45) is -6.94. The monoisotopic (exact) mass is 669 g/mol. The Kier molecular flexibility index (Phi) is 13.8. The Labute approximate surface area is 256 Å². The largest absolute Gasteiger partial charge is 0.493 e. The predicted octanol–water partition coefficient (Wildman–Crippen LogP) is 4.60. The van der Waals surface area contributed by atoms with Crippen molar-refractivity contribution < 1.29 is 65.6 Å². The molecule has 0 unspecified atom stereocenters. The van der Waals surface area contributed by atoms with Crippen LogP contribution in [0.2, 0.25) is 0 Å². The van der Waals surface area contributed by atoms with Crippen molar-refractivity contribution in [2.45, 2.75) is 56.3 Å². The average Bonchev–Trinajstić information content (AvgIpc) is 3.42. The molecule has 2 aromatic rings. The topological polar surface area (TPSA) is 175 Å². The number of thioether (sulfide) groups is 1. The summed E-state index contributed by atoms with van der Waals surface area (Å²) in [6, 6.07) is 9.30. The van der Waals surface area contributed by atoms with Crippen LogP contribution in [0.1, 0.15) is 47.7 Å². The van der Waals surface area contributed by atoms with Crippen LogP contribution in [0.15, 0.2) is 30.3 Å². The third-order valence-electron chi connectivity index (χ3n) is 6.00. The van der Waals surface area contributed by atoms with E-state index in [-0.39, 0.29) is 12.3 Å². The van der Waals surface area contributed by atoms with Crippen molar-refractivity contribution in [3.8, 4) is 5.75 Å². The number of carboxylic acids is 3. The average molecular weight is 670 g/mol. The number of carbonyl (C=O) groups excluding carboxylic acids is 1. The van der Waals surface area contributed by atoms with E-state index in [0.29, 0.717) is 18.8 Å². The zero-order valence-electron chi connectivity index (χ0n) is 23.3. The molecule has 0 bridgehead atoms. The Balaban J connectivity index is 0.000000421. The molecule has 4 rings (SSSR count). The lowest BCUT2D eigenvalue weighted by atomic mass is 10.0. The molecule has 2 aliphatic heterocycles. The van der Waals surface area contributed by atoms with Gasteiger partial charge in [-0.15, -0.1) is 0 Å². The van der Waals surface area contributed by atoms with Crippen molar-refractivity contribution in [1.29, 1.82) is 0 Å². The second-order valence-electron chi connectivity index (χ2n) is 9.43. The number of carboxylic acid groups (broad SMARTS) is 3. The fourth-order valence-electron chi connectivity index (χ4n) is 3.88. The number of rotatable bonds is 9. The summed E-state index contributed by atoms with van der Waals surface area (Å²) in [5.74, 6) is -3.47. The van der Waals surface area contributed by atoms with Gasteiger partial charge in [-0.2, -0.15) is 38.1 Å². The van der Waals surface area contributed by atoms with E-state index in [1.165, 1.54) is 5.56 Å². The van der Waals surface area contributed by atoms with Crippen molar-refractivity contribution >= 4 is 41.4 Å². The lowest BCUT2D eigenvalue weighted by molar-refractivity contribution is -0.193. The molecule has 0 aliphatic carbocycles. The fraction of sp³-hybridized carbons (Fsp3) is 0.444. The highest BCUT2D eigenvalue weighted by Crippen LogP contribution is 2.30. The van der Waals surface area contributed by atoms with E-state index in [0.717, 1.165) is 59.9 Å². The summed E-state index contributed by atoms with van der Waals surface area (Å²) in [5, 5.41) is 29.7. The van der Waals surface area contributed by atoms with Crippen molar-refractivity contribution in [3.63, 3.8) is 0 Å². The molecule has 11 nitrogen and oxygen atoms in total. The molecule has 1 aromatic heterocycles. The predicted molar refractivity (Wildman–Crippen MR) is 148 cm³/mol. The number of halogens is 6. The lowest BCUT2D eigenvalue weighted by Crippen LogP contribution is -2.30. The van der Waals surface area contributed by atoms with Gasteiger partial charge >= 0.3 is 30.3 Å². The van der Waals surface area contributed by atoms with Crippen LogP contribution in [0.3, 0.4) is 0 Å². The summed E-state index contributed by atoms with van der Waals surface area (Å²) >= 11 is 1.65. The van der Waals surface area contributed by atoms with Crippen LogP contribution in [-0.4, -0.2) is 75.4 Å². The van der Waals surface area contributed by atoms with E-state index in [1.54, 1.807) is 11.8 Å². The summed E-state index contributed by atoms with van der Waals surface area (Å²) < 4.78 is 69.1. The third-order valence-corrected chi connectivity index (χ3v) is 6.99. The minimum Gasteiger partial charge on any atom is -0.493 e. The van der Waals surface area contributed by atoms with Crippen LogP contribution in [0, 0.1) is 0 Å². The van der Waals surface area contributed by atoms with E-state index < -0.39 is 36.3 Å². The molecule has 248 valence electrons. The first kappa shape index (κ1) is 37.0. The number of ether oxygens (including phenoxy) is 1. The highest BCUT2D eigenvalue weighted by molar-refractivity contribution is 7.98. The van der Waals surface area contributed by atoms with Gasteiger partial charge in [0.1, 0.15) is 11.6 Å². The van der Waals surface area contributed by atoms with Gasteiger partial charge in [0.05, 0.1) is 24.8 Å². The van der Waals surface area contributed by atoms with Gasteiger partial charge in [-0.1, -0.05) is 18.2 Å². The van der Waals surface area contributed by atoms with E-state index in [1.807, 2.05) is 18.2 Å². The van der Waals surface area contributed by atoms with Crippen molar-refractivity contribution in [2.24, 2.45) is 0 Å².